The maximum atomic E-state index is 13.0. The van der Waals surface area contributed by atoms with Crippen LogP contribution in [0.15, 0.2) is 17.5 Å². The van der Waals surface area contributed by atoms with Crippen LogP contribution in [0.5, 0.6) is 0 Å². The Morgan fingerprint density at radius 1 is 1.04 bits per heavy atom. The number of rotatable bonds is 2. The van der Waals surface area contributed by atoms with Gasteiger partial charge in [0.2, 0.25) is 5.91 Å². The molecule has 2 aliphatic carbocycles. The fourth-order valence-corrected chi connectivity index (χ4v) is 7.15. The molecule has 0 spiro atoms. The van der Waals surface area contributed by atoms with Crippen LogP contribution in [0.2, 0.25) is 0 Å². The molecule has 2 saturated carbocycles. The zero-order valence-corrected chi connectivity index (χ0v) is 17.5. The Balaban J connectivity index is 0.00000180. The van der Waals surface area contributed by atoms with Crippen LogP contribution in [-0.2, 0) is 4.79 Å². The number of hydrogen-bond donors (Lipinski definition) is 1. The van der Waals surface area contributed by atoms with Gasteiger partial charge in [-0.1, -0.05) is 0 Å². The predicted molar refractivity (Wildman–Crippen MR) is 112 cm³/mol. The van der Waals surface area contributed by atoms with Gasteiger partial charge in [-0.25, -0.2) is 0 Å². The second-order valence-corrected chi connectivity index (χ2v) is 9.85. The zero-order chi connectivity index (χ0) is 17.8. The quantitative estimate of drug-likeness (QED) is 0.804. The molecular formula is C19H24ClN3O2S2. The highest BCUT2D eigenvalue weighted by Gasteiger charge is 2.50. The van der Waals surface area contributed by atoms with E-state index in [0.29, 0.717) is 38.0 Å². The van der Waals surface area contributed by atoms with E-state index in [0.717, 1.165) is 17.7 Å². The zero-order valence-electron chi connectivity index (χ0n) is 15.0. The number of piperazine rings is 1. The van der Waals surface area contributed by atoms with Crippen molar-refractivity contribution in [2.24, 2.45) is 23.5 Å². The standard InChI is InChI=1S/C19H23N3O2S2.ClH/c20-17-12-2-1-11(9-12)16(17)19(24)22-6-4-21(5-7-22)18(23)15-10-14-13(26-15)3-8-25-14;/h3,8,10-12,16-17H,1-2,4-7,9,20H2;1H. The number of thiophene rings is 2. The summed E-state index contributed by atoms with van der Waals surface area (Å²) in [6.45, 7) is 2.49. The molecule has 2 N–H and O–H groups in total. The van der Waals surface area contributed by atoms with Crippen molar-refractivity contribution in [1.82, 2.24) is 9.80 Å². The number of carbonyl (C=O) groups excluding carboxylic acids is 2. The van der Waals surface area contributed by atoms with Crippen LogP contribution < -0.4 is 5.73 Å². The molecule has 5 rings (SSSR count). The van der Waals surface area contributed by atoms with Crippen molar-refractivity contribution in [3.05, 3.63) is 22.4 Å². The summed E-state index contributed by atoms with van der Waals surface area (Å²) in [6, 6.07) is 4.11. The summed E-state index contributed by atoms with van der Waals surface area (Å²) in [4.78, 5) is 30.4. The molecule has 3 heterocycles. The van der Waals surface area contributed by atoms with Crippen molar-refractivity contribution in [3.8, 4) is 0 Å². The first-order valence-electron chi connectivity index (χ1n) is 9.42. The summed E-state index contributed by atoms with van der Waals surface area (Å²) in [5, 5.41) is 2.06. The van der Waals surface area contributed by atoms with E-state index in [1.165, 1.54) is 15.8 Å². The van der Waals surface area contributed by atoms with Crippen LogP contribution in [0.3, 0.4) is 0 Å². The maximum Gasteiger partial charge on any atom is 0.264 e. The van der Waals surface area contributed by atoms with E-state index >= 15 is 0 Å². The lowest BCUT2D eigenvalue weighted by Crippen LogP contribution is -2.54. The first-order chi connectivity index (χ1) is 12.6. The van der Waals surface area contributed by atoms with Crippen molar-refractivity contribution in [2.75, 3.05) is 26.2 Å². The second kappa shape index (κ2) is 7.35. The largest absolute Gasteiger partial charge is 0.339 e. The number of fused-ring (bicyclic) bond motifs is 3. The normalized spacial score (nSPS) is 30.0. The lowest BCUT2D eigenvalue weighted by atomic mass is 9.84. The van der Waals surface area contributed by atoms with Crippen LogP contribution in [0.4, 0.5) is 0 Å². The first kappa shape index (κ1) is 19.2. The molecule has 5 nitrogen and oxygen atoms in total. The van der Waals surface area contributed by atoms with Gasteiger partial charge in [0.1, 0.15) is 0 Å². The molecule has 2 aromatic heterocycles. The Morgan fingerprint density at radius 2 is 1.74 bits per heavy atom. The van der Waals surface area contributed by atoms with Crippen molar-refractivity contribution in [1.29, 1.82) is 0 Å². The molecule has 3 fully saturated rings. The molecule has 1 saturated heterocycles. The first-order valence-corrected chi connectivity index (χ1v) is 11.1. The van der Waals surface area contributed by atoms with Gasteiger partial charge in [-0.2, -0.15) is 0 Å². The van der Waals surface area contributed by atoms with E-state index in [1.54, 1.807) is 22.7 Å². The molecule has 27 heavy (non-hydrogen) atoms. The Kier molecular flexibility index (Phi) is 5.22. The van der Waals surface area contributed by atoms with Gasteiger partial charge < -0.3 is 15.5 Å². The van der Waals surface area contributed by atoms with Crippen LogP contribution in [0.25, 0.3) is 9.40 Å². The van der Waals surface area contributed by atoms with E-state index in [1.807, 2.05) is 15.9 Å². The third-order valence-electron chi connectivity index (χ3n) is 6.49. The molecule has 1 aliphatic heterocycles. The lowest BCUT2D eigenvalue weighted by molar-refractivity contribution is -0.139. The van der Waals surface area contributed by atoms with Gasteiger partial charge in [-0.15, -0.1) is 35.1 Å². The minimum absolute atomic E-state index is 0. The molecule has 4 atom stereocenters. The highest BCUT2D eigenvalue weighted by molar-refractivity contribution is 7.27. The van der Waals surface area contributed by atoms with E-state index in [-0.39, 0.29) is 36.2 Å². The van der Waals surface area contributed by atoms with E-state index < -0.39 is 0 Å². The minimum atomic E-state index is 0. The molecule has 8 heteroatoms. The number of nitrogens with zero attached hydrogens (tertiary/aromatic N) is 2. The minimum Gasteiger partial charge on any atom is -0.339 e. The highest BCUT2D eigenvalue weighted by atomic mass is 35.5. The molecule has 146 valence electrons. The van der Waals surface area contributed by atoms with E-state index in [2.05, 4.69) is 11.4 Å². The van der Waals surface area contributed by atoms with Gasteiger partial charge in [0.05, 0.1) is 10.8 Å². The van der Waals surface area contributed by atoms with Crippen LogP contribution >= 0.6 is 35.1 Å². The van der Waals surface area contributed by atoms with Crippen LogP contribution in [-0.4, -0.2) is 53.8 Å². The number of nitrogens with two attached hydrogens (primary N) is 1. The summed E-state index contributed by atoms with van der Waals surface area (Å²) in [5.41, 5.74) is 6.34. The highest BCUT2D eigenvalue weighted by Crippen LogP contribution is 2.48. The van der Waals surface area contributed by atoms with Gasteiger partial charge in [-0.05, 0) is 48.6 Å². The molecule has 3 aliphatic rings. The van der Waals surface area contributed by atoms with Crippen LogP contribution in [0.1, 0.15) is 28.9 Å². The third kappa shape index (κ3) is 3.18. The Labute approximate surface area is 172 Å². The SMILES string of the molecule is Cl.NC1C2CCC(C2)C1C(=O)N1CCN(C(=O)c2cc3sccc3s2)CC1. The van der Waals surface area contributed by atoms with Crippen molar-refractivity contribution in [2.45, 2.75) is 25.3 Å². The fraction of sp³-hybridized carbons (Fsp3) is 0.579. The van der Waals surface area contributed by atoms with E-state index in [4.69, 9.17) is 5.73 Å². The van der Waals surface area contributed by atoms with Gasteiger partial charge in [-0.3, -0.25) is 9.59 Å². The van der Waals surface area contributed by atoms with Gasteiger partial charge in [0.25, 0.3) is 5.91 Å². The lowest BCUT2D eigenvalue weighted by Gasteiger charge is -2.38. The predicted octanol–water partition coefficient (Wildman–Crippen LogP) is 3.04. The summed E-state index contributed by atoms with van der Waals surface area (Å²) in [6.07, 6.45) is 3.48. The van der Waals surface area contributed by atoms with Crippen molar-refractivity contribution < 1.29 is 9.59 Å². The summed E-state index contributed by atoms with van der Waals surface area (Å²) in [5.74, 6) is 1.38. The fourth-order valence-electron chi connectivity index (χ4n) is 5.07. The van der Waals surface area contributed by atoms with Crippen LogP contribution in [0, 0.1) is 17.8 Å². The summed E-state index contributed by atoms with van der Waals surface area (Å²) >= 11 is 3.24. The Hall–Kier alpha value is -1.15. The van der Waals surface area contributed by atoms with E-state index in [9.17, 15) is 9.59 Å². The summed E-state index contributed by atoms with van der Waals surface area (Å²) in [7, 11) is 0. The Bertz CT molecular complexity index is 828. The smallest absolute Gasteiger partial charge is 0.264 e. The van der Waals surface area contributed by atoms with Gasteiger partial charge >= 0.3 is 0 Å². The maximum absolute atomic E-state index is 13.0. The topological polar surface area (TPSA) is 66.6 Å². The summed E-state index contributed by atoms with van der Waals surface area (Å²) < 4.78 is 2.36. The molecule has 4 unspecified atom stereocenters. The molecule has 0 radical (unpaired) electrons. The number of hydrogen-bond acceptors (Lipinski definition) is 5. The number of amides is 2. The molecule has 2 bridgehead atoms. The molecule has 2 aromatic rings. The average Bonchev–Trinajstić information content (AvgIpc) is 3.40. The number of halogens is 1. The van der Waals surface area contributed by atoms with Gasteiger partial charge in [0.15, 0.2) is 0 Å². The van der Waals surface area contributed by atoms with Crippen molar-refractivity contribution >= 4 is 56.3 Å². The third-order valence-corrected chi connectivity index (χ3v) is 8.58. The number of carbonyl (C=O) groups is 2. The monoisotopic (exact) mass is 425 g/mol. The van der Waals surface area contributed by atoms with Gasteiger partial charge in [0, 0.05) is 41.6 Å². The van der Waals surface area contributed by atoms with Crippen molar-refractivity contribution in [3.63, 3.8) is 0 Å². The molecule has 2 amide bonds. The Morgan fingerprint density at radius 3 is 2.41 bits per heavy atom. The molecular weight excluding hydrogens is 402 g/mol. The average molecular weight is 426 g/mol. The second-order valence-electron chi connectivity index (χ2n) is 7.81. The molecule has 0 aromatic carbocycles.